The Kier molecular flexibility index (Phi) is 10.3. The molecule has 2 aromatic rings. The zero-order chi connectivity index (χ0) is 21.4. The Balaban J connectivity index is 0.00000420. The van der Waals surface area contributed by atoms with Crippen LogP contribution in [0.5, 0.6) is 23.0 Å². The second-order valence-electron chi connectivity index (χ2n) is 5.60. The molecule has 0 aliphatic rings. The summed E-state index contributed by atoms with van der Waals surface area (Å²) >= 11 is 0. The van der Waals surface area contributed by atoms with E-state index in [1.54, 1.807) is 0 Å². The first-order chi connectivity index (χ1) is 12.7. The van der Waals surface area contributed by atoms with Crippen molar-refractivity contribution in [2.75, 3.05) is 0 Å². The van der Waals surface area contributed by atoms with Gasteiger partial charge in [0.2, 0.25) is 0 Å². The van der Waals surface area contributed by atoms with Crippen molar-refractivity contribution < 1.29 is 110 Å². The molecule has 2 aromatic carbocycles. The van der Waals surface area contributed by atoms with E-state index < -0.39 is 70.8 Å². The molecule has 0 bridgehead atoms. The van der Waals surface area contributed by atoms with Gasteiger partial charge in [-0.15, -0.1) is 0 Å². The minimum absolute atomic E-state index is 0. The zero-order valence-corrected chi connectivity index (χ0v) is 21.3. The maximum Gasteiger partial charge on any atom is 1.00 e. The number of hydrogen-bond acceptors (Lipinski definition) is 9. The van der Waals surface area contributed by atoms with Crippen molar-refractivity contribution in [2.24, 2.45) is 0 Å². The van der Waals surface area contributed by atoms with Crippen LogP contribution in [0.25, 0.3) is 0 Å². The summed E-state index contributed by atoms with van der Waals surface area (Å²) < 4.78 is 62.6. The molecule has 0 radical (unpaired) electrons. The third-order valence-corrected chi connectivity index (χ3v) is 5.44. The van der Waals surface area contributed by atoms with Crippen molar-refractivity contribution in [3.63, 3.8) is 0 Å². The van der Waals surface area contributed by atoms with Gasteiger partial charge in [0, 0.05) is 12.5 Å². The summed E-state index contributed by atoms with van der Waals surface area (Å²) in [6, 6.07) is 3.24. The van der Waals surface area contributed by atoms with Crippen LogP contribution in [0.15, 0.2) is 34.1 Å². The van der Waals surface area contributed by atoms with E-state index >= 15 is 0 Å². The van der Waals surface area contributed by atoms with Gasteiger partial charge in [-0.25, -0.2) is 0 Å². The second kappa shape index (κ2) is 10.6. The van der Waals surface area contributed by atoms with E-state index in [0.29, 0.717) is 6.07 Å². The van der Waals surface area contributed by atoms with Crippen LogP contribution >= 0.6 is 0 Å². The molecule has 4 N–H and O–H groups in total. The molecule has 0 aromatic heterocycles. The first kappa shape index (κ1) is 29.1. The van der Waals surface area contributed by atoms with E-state index in [9.17, 15) is 42.1 Å². The molecule has 30 heavy (non-hydrogen) atoms. The summed E-state index contributed by atoms with van der Waals surface area (Å²) in [5.74, 6) is -5.93. The number of aromatic hydroxyl groups is 2. The van der Waals surface area contributed by atoms with E-state index in [0.717, 1.165) is 12.1 Å². The predicted octanol–water partition coefficient (Wildman–Crippen LogP) is -6.44. The van der Waals surface area contributed by atoms with Crippen LogP contribution in [-0.4, -0.2) is 41.9 Å². The molecule has 0 spiro atoms. The van der Waals surface area contributed by atoms with Gasteiger partial charge >= 0.3 is 59.1 Å². The molecule has 0 fully saturated rings. The Morgan fingerprint density at radius 3 is 1.97 bits per heavy atom. The number of ketones is 1. The molecule has 11 nitrogen and oxygen atoms in total. The first-order valence-corrected chi connectivity index (χ1v) is 10.2. The standard InChI is InChI=1S/C15H14O11S2.2Na/c16-8-3-1-7(5-12(8)27(21,22)23)2-4-9(17)13-10(18)6-11(19)15(14(13)20)28(24,25)26;;/h1,3,5-6,16,18-20H,2,4H2,(H,21,22,23)(H,24,25,26);;/q;2*+1/p-2. The Morgan fingerprint density at radius 2 is 1.47 bits per heavy atom. The number of hydrogen-bond donors (Lipinski definition) is 4. The fraction of sp³-hybridized carbons (Fsp3) is 0.133. The number of aryl methyl sites for hydroxylation is 1. The normalized spacial score (nSPS) is 11.3. The van der Waals surface area contributed by atoms with E-state index in [1.807, 2.05) is 0 Å². The van der Waals surface area contributed by atoms with Crippen molar-refractivity contribution in [3.8, 4) is 23.0 Å². The molecule has 0 unspecified atom stereocenters. The average Bonchev–Trinajstić information content (AvgIpc) is 2.50. The fourth-order valence-electron chi connectivity index (χ4n) is 2.42. The fourth-order valence-corrected chi connectivity index (χ4v) is 3.71. The van der Waals surface area contributed by atoms with E-state index in [2.05, 4.69) is 0 Å². The molecular weight excluding hydrogens is 466 g/mol. The molecule has 0 saturated carbocycles. The molecule has 0 atom stereocenters. The average molecular weight is 478 g/mol. The topological polar surface area (TPSA) is 212 Å². The Bertz CT molecular complexity index is 1180. The minimum atomic E-state index is -5.19. The van der Waals surface area contributed by atoms with Gasteiger partial charge in [0.1, 0.15) is 16.4 Å². The van der Waals surface area contributed by atoms with Gasteiger partial charge in [-0.05, 0) is 18.1 Å². The third-order valence-electron chi connectivity index (χ3n) is 3.66. The quantitative estimate of drug-likeness (QED) is 0.174. The van der Waals surface area contributed by atoms with Crippen LogP contribution in [0.1, 0.15) is 22.3 Å². The Morgan fingerprint density at radius 1 is 0.900 bits per heavy atom. The molecule has 0 saturated heterocycles. The molecule has 0 amide bonds. The number of carbonyl (C=O) groups excluding carboxylic acids is 1. The minimum Gasteiger partial charge on any atom is -0.872 e. The van der Waals surface area contributed by atoms with Crippen LogP contribution in [-0.2, 0) is 26.7 Å². The zero-order valence-electron chi connectivity index (χ0n) is 15.7. The van der Waals surface area contributed by atoms with Crippen LogP contribution < -0.4 is 69.3 Å². The number of carbonyl (C=O) groups is 1. The molecule has 0 aliphatic carbocycles. The second-order valence-corrected chi connectivity index (χ2v) is 8.35. The smallest absolute Gasteiger partial charge is 0.872 e. The van der Waals surface area contributed by atoms with Gasteiger partial charge in [-0.2, -0.15) is 16.8 Å². The van der Waals surface area contributed by atoms with E-state index in [-0.39, 0.29) is 71.1 Å². The summed E-state index contributed by atoms with van der Waals surface area (Å²) in [5, 5.41) is 42.7. The number of Topliss-reactive ketones (excluding diaryl/α,β-unsaturated/α-hetero) is 1. The first-order valence-electron chi connectivity index (χ1n) is 7.27. The number of phenols is 2. The van der Waals surface area contributed by atoms with Crippen molar-refractivity contribution in [1.29, 1.82) is 0 Å². The molecule has 0 aliphatic heterocycles. The van der Waals surface area contributed by atoms with E-state index in [4.69, 9.17) is 9.11 Å². The van der Waals surface area contributed by atoms with Crippen LogP contribution in [0.4, 0.5) is 0 Å². The van der Waals surface area contributed by atoms with Crippen molar-refractivity contribution in [2.45, 2.75) is 22.6 Å². The summed E-state index contributed by atoms with van der Waals surface area (Å²) in [7, 11) is -9.98. The van der Waals surface area contributed by atoms with Crippen LogP contribution in [0.3, 0.4) is 0 Å². The van der Waals surface area contributed by atoms with Gasteiger partial charge in [0.25, 0.3) is 20.2 Å². The maximum absolute atomic E-state index is 12.3. The van der Waals surface area contributed by atoms with Gasteiger partial charge in [0.05, 0.1) is 10.5 Å². The van der Waals surface area contributed by atoms with Crippen LogP contribution in [0, 0.1) is 0 Å². The van der Waals surface area contributed by atoms with Gasteiger partial charge in [-0.1, -0.05) is 23.6 Å². The monoisotopic (exact) mass is 478 g/mol. The van der Waals surface area contributed by atoms with Crippen molar-refractivity contribution in [3.05, 3.63) is 35.4 Å². The SMILES string of the molecule is O=C(CCc1ccc([O-])c(S(=O)(=O)O)c1)c1c(O)cc(O)c(S(=O)(=O)O)c1[O-].[Na+].[Na+]. The van der Waals surface area contributed by atoms with Crippen molar-refractivity contribution in [1.82, 2.24) is 0 Å². The van der Waals surface area contributed by atoms with Gasteiger partial charge in [-0.3, -0.25) is 13.9 Å². The maximum atomic E-state index is 12.3. The number of benzene rings is 2. The summed E-state index contributed by atoms with van der Waals surface area (Å²) in [4.78, 5) is 9.86. The summed E-state index contributed by atoms with van der Waals surface area (Å²) in [5.41, 5.74) is -0.887. The third kappa shape index (κ3) is 6.56. The van der Waals surface area contributed by atoms with Crippen molar-refractivity contribution >= 4 is 26.0 Å². The molecule has 0 heterocycles. The largest absolute Gasteiger partial charge is 1.00 e. The molecule has 152 valence electrons. The number of rotatable bonds is 6. The number of phenolic OH excluding ortho intramolecular Hbond substituents is 2. The molecule has 2 rings (SSSR count). The van der Waals surface area contributed by atoms with Gasteiger partial charge < -0.3 is 20.4 Å². The Hall–Kier alpha value is -0.870. The summed E-state index contributed by atoms with van der Waals surface area (Å²) in [6.07, 6.45) is -0.787. The molecule has 15 heteroatoms. The molecular formula is C15H12Na2O11S2. The Labute approximate surface area is 215 Å². The predicted molar refractivity (Wildman–Crippen MR) is 87.4 cm³/mol. The summed E-state index contributed by atoms with van der Waals surface area (Å²) in [6.45, 7) is 0. The van der Waals surface area contributed by atoms with Gasteiger partial charge in [0.15, 0.2) is 5.78 Å². The van der Waals surface area contributed by atoms with Crippen LogP contribution in [0.2, 0.25) is 0 Å². The van der Waals surface area contributed by atoms with E-state index in [1.165, 1.54) is 6.07 Å².